The standard InChI is InChI=1S/C53H80N2O8S/c1-6-8-9-10-11-12-13-14-15-16-17-18-19-24-35-64-49-39-47(54-63-52(3,4)5)45-36-40(26-20-22-32-56)44(29-21-23-33-57)50-46-38-43(61-42-28-25-27-41(37-42)55(58)59)30-31-48(46)62-53(49,51(45)50)60-34-7-2/h7,25,27-28,30-31,36-38,40,44,49-51,56-57H,2,6,8-24,26,29,32-35,39H2,1,3-5H3. The molecule has 2 aliphatic carbocycles. The van der Waals surface area contributed by atoms with Gasteiger partial charge in [0.25, 0.3) is 5.69 Å². The second kappa shape index (κ2) is 26.7. The van der Waals surface area contributed by atoms with Crippen molar-refractivity contribution in [1.29, 1.82) is 0 Å². The Morgan fingerprint density at radius 2 is 1.52 bits per heavy atom. The van der Waals surface area contributed by atoms with E-state index in [0.29, 0.717) is 30.9 Å². The zero-order chi connectivity index (χ0) is 45.8. The maximum absolute atomic E-state index is 11.6. The summed E-state index contributed by atoms with van der Waals surface area (Å²) in [4.78, 5) is 17.5. The van der Waals surface area contributed by atoms with Crippen LogP contribution >= 0.6 is 11.8 Å². The summed E-state index contributed by atoms with van der Waals surface area (Å²) in [7, 11) is 0. The summed E-state index contributed by atoms with van der Waals surface area (Å²) in [6.07, 6.45) is 28.3. The maximum atomic E-state index is 11.6. The minimum absolute atomic E-state index is 0.0382. The van der Waals surface area contributed by atoms with E-state index < -0.39 is 16.3 Å². The second-order valence-electron chi connectivity index (χ2n) is 19.3. The molecule has 0 bridgehead atoms. The Bertz CT molecular complexity index is 1790. The molecule has 10 nitrogen and oxygen atoms in total. The lowest BCUT2D eigenvalue weighted by Crippen LogP contribution is -2.64. The van der Waals surface area contributed by atoms with Gasteiger partial charge in [0.05, 0.1) is 34.5 Å². The molecule has 64 heavy (non-hydrogen) atoms. The minimum Gasteiger partial charge on any atom is -0.460 e. The van der Waals surface area contributed by atoms with E-state index in [0.717, 1.165) is 66.9 Å². The van der Waals surface area contributed by atoms with E-state index in [2.05, 4.69) is 25.6 Å². The van der Waals surface area contributed by atoms with E-state index in [1.807, 2.05) is 50.7 Å². The average Bonchev–Trinajstić information content (AvgIpc) is 3.27. The molecule has 1 heterocycles. The number of thioether (sulfide) groups is 1. The van der Waals surface area contributed by atoms with E-state index in [1.54, 1.807) is 12.1 Å². The van der Waals surface area contributed by atoms with Gasteiger partial charge in [-0.25, -0.2) is 0 Å². The van der Waals surface area contributed by atoms with Gasteiger partial charge >= 0.3 is 0 Å². The molecule has 0 aromatic heterocycles. The quantitative estimate of drug-likeness (QED) is 0.0328. The number of benzene rings is 2. The number of nitrogens with zero attached hydrogens (tertiary/aromatic N) is 2. The molecule has 1 fully saturated rings. The molecular weight excluding hydrogens is 825 g/mol. The lowest BCUT2D eigenvalue weighted by molar-refractivity contribution is -0.384. The molecule has 1 saturated carbocycles. The molecule has 0 amide bonds. The van der Waals surface area contributed by atoms with Gasteiger partial charge in [0.15, 0.2) is 0 Å². The second-order valence-corrected chi connectivity index (χ2v) is 20.6. The van der Waals surface area contributed by atoms with Crippen molar-refractivity contribution in [3.8, 4) is 17.2 Å². The van der Waals surface area contributed by atoms with Crippen LogP contribution < -0.4 is 9.47 Å². The number of nitro benzene ring substituents is 1. The van der Waals surface area contributed by atoms with Gasteiger partial charge in [0, 0.05) is 37.2 Å². The molecule has 2 aromatic rings. The largest absolute Gasteiger partial charge is 0.460 e. The summed E-state index contributed by atoms with van der Waals surface area (Å²) in [5, 5.41) is 36.4. The average molecular weight is 905 g/mol. The van der Waals surface area contributed by atoms with Crippen LogP contribution in [0.4, 0.5) is 5.69 Å². The summed E-state index contributed by atoms with van der Waals surface area (Å²) >= 11 is 1.93. The monoisotopic (exact) mass is 905 g/mol. The molecule has 3 aliphatic rings. The highest BCUT2D eigenvalue weighted by Gasteiger charge is 2.64. The number of allylic oxidation sites excluding steroid dienone is 1. The first-order valence-corrected chi connectivity index (χ1v) is 25.9. The lowest BCUT2D eigenvalue weighted by atomic mass is 9.56. The van der Waals surface area contributed by atoms with E-state index in [4.69, 9.17) is 24.2 Å². The van der Waals surface area contributed by atoms with Crippen LogP contribution in [0.25, 0.3) is 0 Å². The predicted octanol–water partition coefficient (Wildman–Crippen LogP) is 14.0. The van der Waals surface area contributed by atoms with Crippen LogP contribution in [-0.4, -0.2) is 63.1 Å². The van der Waals surface area contributed by atoms with E-state index in [-0.39, 0.29) is 47.8 Å². The van der Waals surface area contributed by atoms with Crippen molar-refractivity contribution >= 4 is 23.2 Å². The molecule has 6 atom stereocenters. The molecule has 0 spiro atoms. The van der Waals surface area contributed by atoms with Crippen LogP contribution in [0.5, 0.6) is 17.2 Å². The Morgan fingerprint density at radius 1 is 0.875 bits per heavy atom. The minimum atomic E-state index is -1.03. The van der Waals surface area contributed by atoms with Gasteiger partial charge in [0.1, 0.15) is 22.8 Å². The third-order valence-electron chi connectivity index (χ3n) is 13.1. The summed E-state index contributed by atoms with van der Waals surface area (Å²) in [6.45, 7) is 13.0. The van der Waals surface area contributed by atoms with Crippen molar-refractivity contribution < 1.29 is 34.2 Å². The van der Waals surface area contributed by atoms with Crippen LogP contribution in [0.15, 0.2) is 71.9 Å². The highest BCUT2D eigenvalue weighted by molar-refractivity contribution is 8.00. The number of aliphatic hydroxyl groups is 2. The zero-order valence-electron chi connectivity index (χ0n) is 39.6. The Morgan fingerprint density at radius 3 is 2.14 bits per heavy atom. The van der Waals surface area contributed by atoms with Crippen molar-refractivity contribution in [3.63, 3.8) is 0 Å². The number of hydrogen-bond donors (Lipinski definition) is 2. The fourth-order valence-corrected chi connectivity index (χ4v) is 11.5. The van der Waals surface area contributed by atoms with Crippen molar-refractivity contribution in [2.45, 2.75) is 185 Å². The fourth-order valence-electron chi connectivity index (χ4n) is 10.1. The van der Waals surface area contributed by atoms with Crippen molar-refractivity contribution in [3.05, 3.63) is 82.4 Å². The first-order valence-electron chi connectivity index (χ1n) is 24.9. The Balaban J connectivity index is 1.46. The summed E-state index contributed by atoms with van der Waals surface area (Å²) < 4.78 is 20.8. The molecular formula is C53H80N2O8S. The fraction of sp³-hybridized carbons (Fsp3) is 0.679. The molecule has 2 N–H and O–H groups in total. The van der Waals surface area contributed by atoms with Gasteiger partial charge in [-0.3, -0.25) is 10.1 Å². The van der Waals surface area contributed by atoms with Gasteiger partial charge in [-0.05, 0) is 100 Å². The highest BCUT2D eigenvalue weighted by atomic mass is 32.2. The number of aliphatic hydroxyl groups excluding tert-OH is 2. The van der Waals surface area contributed by atoms with Crippen molar-refractivity contribution in [2.75, 3.05) is 25.6 Å². The van der Waals surface area contributed by atoms with Crippen LogP contribution in [0, 0.1) is 27.9 Å². The molecule has 5 rings (SSSR count). The SMILES string of the molecule is C=CCOC12Oc3ccc(Oc4cccc([N+](=O)[O-])c4)cc3C3C(CCCCO)C(CCCCO)C=C(C(=NOC(C)(C)C)CC1SCCCCCCCCCCCCCCCC)C32. The maximum Gasteiger partial charge on any atom is 0.273 e. The lowest BCUT2D eigenvalue weighted by Gasteiger charge is -2.58. The smallest absolute Gasteiger partial charge is 0.273 e. The number of ether oxygens (including phenoxy) is 3. The van der Waals surface area contributed by atoms with Crippen LogP contribution in [0.2, 0.25) is 0 Å². The van der Waals surface area contributed by atoms with Gasteiger partial charge in [0.2, 0.25) is 5.79 Å². The van der Waals surface area contributed by atoms with E-state index in [9.17, 15) is 20.3 Å². The first kappa shape index (κ1) is 51.6. The topological polar surface area (TPSA) is 133 Å². The zero-order valence-corrected chi connectivity index (χ0v) is 40.4. The number of oxime groups is 1. The highest BCUT2D eigenvalue weighted by Crippen LogP contribution is 2.63. The van der Waals surface area contributed by atoms with Gasteiger partial charge in [-0.1, -0.05) is 127 Å². The molecule has 2 aromatic carbocycles. The summed E-state index contributed by atoms with van der Waals surface area (Å²) in [5.41, 5.74) is 2.50. The number of fused-ring (bicyclic) bond motifs is 2. The number of nitro groups is 1. The molecule has 11 heteroatoms. The van der Waals surface area contributed by atoms with Gasteiger partial charge < -0.3 is 29.3 Å². The van der Waals surface area contributed by atoms with Crippen molar-refractivity contribution in [1.82, 2.24) is 0 Å². The van der Waals surface area contributed by atoms with Crippen LogP contribution in [0.3, 0.4) is 0 Å². The number of hydrogen-bond acceptors (Lipinski definition) is 10. The molecule has 1 aliphatic heterocycles. The summed E-state index contributed by atoms with van der Waals surface area (Å²) in [5.74, 6) is 1.61. The molecule has 0 saturated heterocycles. The summed E-state index contributed by atoms with van der Waals surface area (Å²) in [6, 6.07) is 12.2. The normalized spacial score (nSPS) is 23.2. The van der Waals surface area contributed by atoms with Crippen molar-refractivity contribution in [2.24, 2.45) is 22.9 Å². The number of rotatable bonds is 31. The first-order chi connectivity index (χ1) is 31.0. The third-order valence-corrected chi connectivity index (χ3v) is 14.6. The number of unbranched alkanes of at least 4 members (excludes halogenated alkanes) is 15. The Labute approximate surface area is 389 Å². The van der Waals surface area contributed by atoms with Gasteiger partial charge in [-0.2, -0.15) is 11.8 Å². The van der Waals surface area contributed by atoms with E-state index >= 15 is 0 Å². The van der Waals surface area contributed by atoms with E-state index in [1.165, 1.54) is 95.6 Å². The third kappa shape index (κ3) is 14.8. The molecule has 356 valence electrons. The Hall–Kier alpha value is -3.38. The Kier molecular flexibility index (Phi) is 21.5. The van der Waals surface area contributed by atoms with Crippen LogP contribution in [0.1, 0.15) is 174 Å². The number of non-ortho nitro benzene ring substituents is 1. The molecule has 0 radical (unpaired) electrons. The van der Waals surface area contributed by atoms with Gasteiger partial charge in [-0.15, -0.1) is 6.58 Å². The van der Waals surface area contributed by atoms with Crippen LogP contribution in [-0.2, 0) is 9.57 Å². The molecule has 6 unspecified atom stereocenters. The predicted molar refractivity (Wildman–Crippen MR) is 262 cm³/mol.